The summed E-state index contributed by atoms with van der Waals surface area (Å²) in [7, 11) is 0. The van der Waals surface area contributed by atoms with Crippen LogP contribution in [-0.4, -0.2) is 49.0 Å². The fourth-order valence-electron chi connectivity index (χ4n) is 2.85. The molecular weight excluding hydrogens is 394 g/mol. The van der Waals surface area contributed by atoms with Gasteiger partial charge in [0.25, 0.3) is 11.8 Å². The quantitative estimate of drug-likeness (QED) is 0.637. The number of rotatable bonds is 5. The van der Waals surface area contributed by atoms with Gasteiger partial charge in [0.2, 0.25) is 5.91 Å². The smallest absolute Gasteiger partial charge is 0.289 e. The highest BCUT2D eigenvalue weighted by Gasteiger charge is 2.29. The highest BCUT2D eigenvalue weighted by Crippen LogP contribution is 2.30. The first kappa shape index (κ1) is 19.3. The van der Waals surface area contributed by atoms with E-state index in [1.807, 2.05) is 0 Å². The Labute approximate surface area is 171 Å². The molecule has 2 fully saturated rings. The van der Waals surface area contributed by atoms with Crippen LogP contribution in [-0.2, 0) is 9.53 Å². The summed E-state index contributed by atoms with van der Waals surface area (Å²) >= 11 is 1.38. The molecule has 1 saturated carbocycles. The summed E-state index contributed by atoms with van der Waals surface area (Å²) in [5.41, 5.74) is 5.87. The van der Waals surface area contributed by atoms with E-state index in [1.165, 1.54) is 11.3 Å². The molecule has 3 amide bonds. The number of nitrogens with one attached hydrogen (secondary N) is 3. The number of anilines is 2. The van der Waals surface area contributed by atoms with Crippen molar-refractivity contribution in [2.24, 2.45) is 5.92 Å². The molecule has 0 spiro atoms. The summed E-state index contributed by atoms with van der Waals surface area (Å²) in [5.74, 6) is -0.931. The van der Waals surface area contributed by atoms with Crippen LogP contribution in [0.2, 0.25) is 0 Å². The Hall–Kier alpha value is -2.98. The van der Waals surface area contributed by atoms with Gasteiger partial charge in [0.05, 0.1) is 13.2 Å². The summed E-state index contributed by atoms with van der Waals surface area (Å²) < 4.78 is 5.31. The van der Waals surface area contributed by atoms with E-state index in [4.69, 9.17) is 4.74 Å². The van der Waals surface area contributed by atoms with E-state index in [1.54, 1.807) is 29.6 Å². The van der Waals surface area contributed by atoms with Gasteiger partial charge in [-0.1, -0.05) is 6.07 Å². The Morgan fingerprint density at radius 3 is 2.62 bits per heavy atom. The van der Waals surface area contributed by atoms with Crippen LogP contribution in [0.1, 0.15) is 33.7 Å². The lowest BCUT2D eigenvalue weighted by molar-refractivity contribution is -0.117. The fraction of sp³-hybridized carbons (Fsp3) is 0.368. The topological polar surface area (TPSA) is 113 Å². The summed E-state index contributed by atoms with van der Waals surface area (Å²) in [6.07, 6.45) is 1.81. The molecule has 1 aliphatic heterocycles. The first-order valence-corrected chi connectivity index (χ1v) is 10.3. The lowest BCUT2D eigenvalue weighted by Crippen LogP contribution is -2.42. The number of thiazole rings is 1. The van der Waals surface area contributed by atoms with Crippen LogP contribution in [0.25, 0.3) is 0 Å². The van der Waals surface area contributed by atoms with Crippen LogP contribution >= 0.6 is 11.3 Å². The van der Waals surface area contributed by atoms with Crippen LogP contribution in [0.5, 0.6) is 0 Å². The Balaban J connectivity index is 1.31. The van der Waals surface area contributed by atoms with E-state index in [0.29, 0.717) is 24.5 Å². The van der Waals surface area contributed by atoms with Gasteiger partial charge in [0.1, 0.15) is 5.69 Å². The van der Waals surface area contributed by atoms with Gasteiger partial charge < -0.3 is 15.0 Å². The summed E-state index contributed by atoms with van der Waals surface area (Å²) in [6, 6.07) is 6.57. The molecule has 2 aromatic rings. The highest BCUT2D eigenvalue weighted by atomic mass is 32.1. The van der Waals surface area contributed by atoms with E-state index in [0.717, 1.165) is 31.1 Å². The maximum absolute atomic E-state index is 12.3. The number of ether oxygens (including phenoxy) is 1. The fourth-order valence-corrected chi connectivity index (χ4v) is 3.71. The number of hydrogen-bond acceptors (Lipinski definition) is 7. The predicted octanol–water partition coefficient (Wildman–Crippen LogP) is 1.40. The Morgan fingerprint density at radius 1 is 1.10 bits per heavy atom. The zero-order valence-corrected chi connectivity index (χ0v) is 16.5. The van der Waals surface area contributed by atoms with E-state index < -0.39 is 11.8 Å². The molecule has 2 aliphatic rings. The second-order valence-corrected chi connectivity index (χ2v) is 7.70. The van der Waals surface area contributed by atoms with E-state index >= 15 is 0 Å². The third kappa shape index (κ3) is 4.90. The van der Waals surface area contributed by atoms with Crippen molar-refractivity contribution in [3.8, 4) is 0 Å². The summed E-state index contributed by atoms with van der Waals surface area (Å²) in [6.45, 7) is 2.74. The third-order valence-electron chi connectivity index (χ3n) is 4.64. The molecule has 4 rings (SSSR count). The third-order valence-corrected chi connectivity index (χ3v) is 5.54. The van der Waals surface area contributed by atoms with Crippen LogP contribution in [0.15, 0.2) is 29.6 Å². The van der Waals surface area contributed by atoms with Crippen molar-refractivity contribution in [2.75, 3.05) is 36.5 Å². The molecule has 0 unspecified atom stereocenters. The minimum atomic E-state index is -0.493. The lowest BCUT2D eigenvalue weighted by atomic mass is 10.2. The van der Waals surface area contributed by atoms with Crippen LogP contribution in [0.4, 0.5) is 10.8 Å². The molecule has 29 heavy (non-hydrogen) atoms. The molecule has 2 heterocycles. The Morgan fingerprint density at radius 2 is 1.86 bits per heavy atom. The minimum absolute atomic E-state index is 0.0320. The van der Waals surface area contributed by atoms with Gasteiger partial charge in [-0.3, -0.25) is 25.2 Å². The molecule has 1 saturated heterocycles. The van der Waals surface area contributed by atoms with Gasteiger partial charge in [-0.25, -0.2) is 4.98 Å². The van der Waals surface area contributed by atoms with Gasteiger partial charge >= 0.3 is 0 Å². The van der Waals surface area contributed by atoms with Crippen molar-refractivity contribution in [3.05, 3.63) is 40.9 Å². The Bertz CT molecular complexity index is 921. The van der Waals surface area contributed by atoms with E-state index in [2.05, 4.69) is 26.1 Å². The van der Waals surface area contributed by atoms with Crippen molar-refractivity contribution < 1.29 is 19.1 Å². The molecule has 1 aliphatic carbocycles. The standard InChI is InChI=1S/C19H21N5O4S/c25-16(12-4-5-12)20-14-3-1-2-13(10-14)17(26)22-23-18(27)15-11-29-19(21-15)24-6-8-28-9-7-24/h1-3,10-12H,4-9H2,(H,20,25)(H,22,26)(H,23,27). The maximum Gasteiger partial charge on any atom is 0.289 e. The number of amides is 3. The maximum atomic E-state index is 12.3. The molecule has 0 radical (unpaired) electrons. The SMILES string of the molecule is O=C(NNC(=O)c1csc(N2CCOCC2)n1)c1cccc(NC(=O)C2CC2)c1. The van der Waals surface area contributed by atoms with Gasteiger partial charge in [-0.15, -0.1) is 11.3 Å². The normalized spacial score (nSPS) is 16.2. The van der Waals surface area contributed by atoms with Crippen molar-refractivity contribution in [3.63, 3.8) is 0 Å². The van der Waals surface area contributed by atoms with Gasteiger partial charge in [0, 0.05) is 35.6 Å². The average molecular weight is 415 g/mol. The molecular formula is C19H21N5O4S. The summed E-state index contributed by atoms with van der Waals surface area (Å²) in [4.78, 5) is 42.9. The minimum Gasteiger partial charge on any atom is -0.378 e. The number of morpholine rings is 1. The van der Waals surface area contributed by atoms with Crippen molar-refractivity contribution in [1.82, 2.24) is 15.8 Å². The molecule has 152 valence electrons. The van der Waals surface area contributed by atoms with Crippen LogP contribution < -0.4 is 21.1 Å². The molecule has 3 N–H and O–H groups in total. The van der Waals surface area contributed by atoms with E-state index in [-0.39, 0.29) is 17.5 Å². The van der Waals surface area contributed by atoms with Crippen molar-refractivity contribution in [1.29, 1.82) is 0 Å². The predicted molar refractivity (Wildman–Crippen MR) is 108 cm³/mol. The highest BCUT2D eigenvalue weighted by molar-refractivity contribution is 7.13. The molecule has 10 heteroatoms. The zero-order valence-electron chi connectivity index (χ0n) is 15.6. The molecule has 9 nitrogen and oxygen atoms in total. The van der Waals surface area contributed by atoms with Crippen LogP contribution in [0.3, 0.4) is 0 Å². The second kappa shape index (κ2) is 8.58. The van der Waals surface area contributed by atoms with Gasteiger partial charge in [-0.05, 0) is 31.0 Å². The number of aromatic nitrogens is 1. The number of carbonyl (C=O) groups is 3. The lowest BCUT2D eigenvalue weighted by Gasteiger charge is -2.25. The van der Waals surface area contributed by atoms with Crippen molar-refractivity contribution >= 4 is 39.9 Å². The molecule has 0 atom stereocenters. The summed E-state index contributed by atoms with van der Waals surface area (Å²) in [5, 5.41) is 5.20. The number of benzene rings is 1. The second-order valence-electron chi connectivity index (χ2n) is 6.87. The zero-order chi connectivity index (χ0) is 20.2. The van der Waals surface area contributed by atoms with Gasteiger partial charge in [0.15, 0.2) is 5.13 Å². The monoisotopic (exact) mass is 415 g/mol. The first-order valence-electron chi connectivity index (χ1n) is 9.40. The van der Waals surface area contributed by atoms with Crippen molar-refractivity contribution in [2.45, 2.75) is 12.8 Å². The molecule has 1 aromatic carbocycles. The average Bonchev–Trinajstić information content (AvgIpc) is 3.49. The van der Waals surface area contributed by atoms with Crippen LogP contribution in [0, 0.1) is 5.92 Å². The first-order chi connectivity index (χ1) is 14.1. The molecule has 0 bridgehead atoms. The number of hydrogen-bond donors (Lipinski definition) is 3. The largest absolute Gasteiger partial charge is 0.378 e. The number of carbonyl (C=O) groups excluding carboxylic acids is 3. The van der Waals surface area contributed by atoms with E-state index in [9.17, 15) is 14.4 Å². The molecule has 1 aromatic heterocycles. The number of nitrogens with zero attached hydrogens (tertiary/aromatic N) is 2. The Kier molecular flexibility index (Phi) is 5.72. The number of hydrazine groups is 1. The van der Waals surface area contributed by atoms with Gasteiger partial charge in [-0.2, -0.15) is 0 Å².